The smallest absolute Gasteiger partial charge is 0.234 e. The second-order valence-electron chi connectivity index (χ2n) is 5.19. The van der Waals surface area contributed by atoms with E-state index in [1.165, 1.54) is 12.8 Å². The van der Waals surface area contributed by atoms with Crippen LogP contribution in [0.4, 0.5) is 0 Å². The van der Waals surface area contributed by atoms with E-state index in [0.717, 1.165) is 19.3 Å². The van der Waals surface area contributed by atoms with Gasteiger partial charge < -0.3 is 11.1 Å². The first-order valence-corrected chi connectivity index (χ1v) is 7.25. The molecular weight excluding hydrogens is 246 g/mol. The van der Waals surface area contributed by atoms with Gasteiger partial charge in [0.25, 0.3) is 0 Å². The van der Waals surface area contributed by atoms with E-state index in [9.17, 15) is 4.79 Å². The van der Waals surface area contributed by atoms with Gasteiger partial charge in [-0.05, 0) is 26.2 Å². The number of hydrogen-bond acceptors (Lipinski definition) is 3. The van der Waals surface area contributed by atoms with Crippen LogP contribution in [0.3, 0.4) is 0 Å². The summed E-state index contributed by atoms with van der Waals surface area (Å²) < 4.78 is 0. The van der Waals surface area contributed by atoms with Crippen LogP contribution in [-0.2, 0) is 4.79 Å². The fourth-order valence-corrected chi connectivity index (χ4v) is 2.56. The molecule has 0 aliphatic heterocycles. The normalized spacial score (nSPS) is 17.9. The highest BCUT2D eigenvalue weighted by Crippen LogP contribution is 2.23. The molecule has 0 aromatic heterocycles. The zero-order chi connectivity index (χ0) is 13.5. The van der Waals surface area contributed by atoms with Crippen LogP contribution in [-0.4, -0.2) is 41.0 Å². The summed E-state index contributed by atoms with van der Waals surface area (Å²) in [5.74, 6) is 0.0764. The average Bonchev–Trinajstić information content (AvgIpc) is 2.80. The molecule has 0 radical (unpaired) electrons. The van der Waals surface area contributed by atoms with Crippen molar-refractivity contribution in [2.75, 3.05) is 13.1 Å². The topological polar surface area (TPSA) is 58.4 Å². The number of amides is 1. The van der Waals surface area contributed by atoms with Crippen molar-refractivity contribution in [2.45, 2.75) is 58.0 Å². The molecule has 1 atom stereocenters. The number of nitrogens with zero attached hydrogens (tertiary/aromatic N) is 1. The first-order chi connectivity index (χ1) is 8.52. The van der Waals surface area contributed by atoms with E-state index in [-0.39, 0.29) is 11.9 Å². The number of hydrogen-bond donors (Lipinski definition) is 2. The van der Waals surface area contributed by atoms with Crippen molar-refractivity contribution >= 4 is 23.1 Å². The van der Waals surface area contributed by atoms with Crippen LogP contribution in [0.5, 0.6) is 0 Å². The Morgan fingerprint density at radius 1 is 1.44 bits per heavy atom. The third-order valence-electron chi connectivity index (χ3n) is 3.57. The quantitative estimate of drug-likeness (QED) is 0.688. The predicted octanol–water partition coefficient (Wildman–Crippen LogP) is 1.43. The van der Waals surface area contributed by atoms with Crippen molar-refractivity contribution < 1.29 is 4.79 Å². The summed E-state index contributed by atoms with van der Waals surface area (Å²) in [7, 11) is 0. The monoisotopic (exact) mass is 271 g/mol. The SMILES string of the molecule is CCC(C)NC(=O)CN(CC(N)=S)C1CCCC1. The van der Waals surface area contributed by atoms with Crippen LogP contribution in [0.15, 0.2) is 0 Å². The van der Waals surface area contributed by atoms with Gasteiger partial charge in [-0.15, -0.1) is 0 Å². The molecule has 3 N–H and O–H groups in total. The Kier molecular flexibility index (Phi) is 6.57. The molecule has 0 saturated heterocycles. The van der Waals surface area contributed by atoms with E-state index < -0.39 is 0 Å². The summed E-state index contributed by atoms with van der Waals surface area (Å²) in [5, 5.41) is 2.99. The minimum Gasteiger partial charge on any atom is -0.392 e. The Balaban J connectivity index is 2.49. The zero-order valence-corrected chi connectivity index (χ0v) is 12.3. The van der Waals surface area contributed by atoms with Crippen molar-refractivity contribution in [3.05, 3.63) is 0 Å². The van der Waals surface area contributed by atoms with Crippen molar-refractivity contribution in [2.24, 2.45) is 5.73 Å². The summed E-state index contributed by atoms with van der Waals surface area (Å²) in [6.45, 7) is 5.04. The van der Waals surface area contributed by atoms with Gasteiger partial charge in [-0.1, -0.05) is 32.0 Å². The molecule has 0 spiro atoms. The summed E-state index contributed by atoms with van der Waals surface area (Å²) in [5.41, 5.74) is 5.62. The highest BCUT2D eigenvalue weighted by atomic mass is 32.1. The third kappa shape index (κ3) is 5.31. The van der Waals surface area contributed by atoms with Gasteiger partial charge in [0.2, 0.25) is 5.91 Å². The van der Waals surface area contributed by atoms with E-state index in [0.29, 0.717) is 24.1 Å². The van der Waals surface area contributed by atoms with Crippen LogP contribution >= 0.6 is 12.2 Å². The average molecular weight is 271 g/mol. The fraction of sp³-hybridized carbons (Fsp3) is 0.846. The second kappa shape index (κ2) is 7.69. The molecule has 18 heavy (non-hydrogen) atoms. The molecule has 104 valence electrons. The largest absolute Gasteiger partial charge is 0.392 e. The summed E-state index contributed by atoms with van der Waals surface area (Å²) in [6.07, 6.45) is 5.74. The molecule has 1 amide bonds. The second-order valence-corrected chi connectivity index (χ2v) is 5.71. The number of carbonyl (C=O) groups is 1. The lowest BCUT2D eigenvalue weighted by molar-refractivity contribution is -0.123. The molecule has 1 saturated carbocycles. The van der Waals surface area contributed by atoms with Crippen molar-refractivity contribution in [3.63, 3.8) is 0 Å². The van der Waals surface area contributed by atoms with Gasteiger partial charge in [-0.25, -0.2) is 0 Å². The molecule has 0 aromatic rings. The van der Waals surface area contributed by atoms with Crippen molar-refractivity contribution in [1.82, 2.24) is 10.2 Å². The first kappa shape index (κ1) is 15.4. The molecule has 0 bridgehead atoms. The van der Waals surface area contributed by atoms with Crippen molar-refractivity contribution in [3.8, 4) is 0 Å². The first-order valence-electron chi connectivity index (χ1n) is 6.84. The van der Waals surface area contributed by atoms with Gasteiger partial charge in [0, 0.05) is 18.6 Å². The molecule has 1 aliphatic rings. The molecular formula is C13H25N3OS. The lowest BCUT2D eigenvalue weighted by Crippen LogP contribution is -2.47. The molecule has 1 unspecified atom stereocenters. The highest BCUT2D eigenvalue weighted by molar-refractivity contribution is 7.80. The summed E-state index contributed by atoms with van der Waals surface area (Å²) in [6, 6.07) is 0.696. The van der Waals surface area contributed by atoms with E-state index in [1.807, 2.05) is 6.92 Å². The number of carbonyl (C=O) groups excluding carboxylic acids is 1. The molecule has 5 heteroatoms. The number of thiocarbonyl (C=S) groups is 1. The van der Waals surface area contributed by atoms with Crippen LogP contribution < -0.4 is 11.1 Å². The Morgan fingerprint density at radius 3 is 2.56 bits per heavy atom. The fourth-order valence-electron chi connectivity index (χ4n) is 2.39. The maximum Gasteiger partial charge on any atom is 0.234 e. The van der Waals surface area contributed by atoms with Crippen LogP contribution in [0, 0.1) is 0 Å². The van der Waals surface area contributed by atoms with Crippen molar-refractivity contribution in [1.29, 1.82) is 0 Å². The highest BCUT2D eigenvalue weighted by Gasteiger charge is 2.24. The lowest BCUT2D eigenvalue weighted by Gasteiger charge is -2.28. The van der Waals surface area contributed by atoms with Crippen LogP contribution in [0.1, 0.15) is 46.0 Å². The standard InChI is InChI=1S/C13H25N3OS/c1-3-10(2)15-13(17)9-16(8-12(14)18)11-6-4-5-7-11/h10-11H,3-9H2,1-2H3,(H2,14,18)(H,15,17). The third-order valence-corrected chi connectivity index (χ3v) is 3.70. The summed E-state index contributed by atoms with van der Waals surface area (Å²) in [4.78, 5) is 14.5. The van der Waals surface area contributed by atoms with E-state index >= 15 is 0 Å². The lowest BCUT2D eigenvalue weighted by atomic mass is 10.2. The van der Waals surface area contributed by atoms with E-state index in [4.69, 9.17) is 18.0 Å². The van der Waals surface area contributed by atoms with Gasteiger partial charge in [-0.2, -0.15) is 0 Å². The molecule has 1 aliphatic carbocycles. The Labute approximate surface area is 115 Å². The number of rotatable bonds is 7. The predicted molar refractivity (Wildman–Crippen MR) is 78.5 cm³/mol. The number of nitrogens with two attached hydrogens (primary N) is 1. The van der Waals surface area contributed by atoms with Gasteiger partial charge >= 0.3 is 0 Å². The molecule has 0 heterocycles. The minimum absolute atomic E-state index is 0.0764. The Morgan fingerprint density at radius 2 is 2.06 bits per heavy atom. The van der Waals surface area contributed by atoms with Gasteiger partial charge in [0.15, 0.2) is 0 Å². The van der Waals surface area contributed by atoms with E-state index in [1.54, 1.807) is 0 Å². The molecule has 1 fully saturated rings. The maximum absolute atomic E-state index is 11.9. The van der Waals surface area contributed by atoms with Crippen LogP contribution in [0.25, 0.3) is 0 Å². The van der Waals surface area contributed by atoms with Gasteiger partial charge in [0.05, 0.1) is 11.5 Å². The van der Waals surface area contributed by atoms with Gasteiger partial charge in [0.1, 0.15) is 0 Å². The number of nitrogens with one attached hydrogen (secondary N) is 1. The summed E-state index contributed by atoms with van der Waals surface area (Å²) >= 11 is 4.98. The molecule has 1 rings (SSSR count). The molecule has 4 nitrogen and oxygen atoms in total. The molecule has 0 aromatic carbocycles. The zero-order valence-electron chi connectivity index (χ0n) is 11.4. The van der Waals surface area contributed by atoms with Gasteiger partial charge in [-0.3, -0.25) is 9.69 Å². The minimum atomic E-state index is 0.0764. The van der Waals surface area contributed by atoms with Crippen LogP contribution in [0.2, 0.25) is 0 Å². The van der Waals surface area contributed by atoms with E-state index in [2.05, 4.69) is 17.1 Å². The Bertz CT molecular complexity index is 290. The maximum atomic E-state index is 11.9. The Hall–Kier alpha value is -0.680.